The van der Waals surface area contributed by atoms with Gasteiger partial charge in [-0.2, -0.15) is 0 Å². The van der Waals surface area contributed by atoms with Crippen molar-refractivity contribution in [2.75, 3.05) is 13.2 Å². The molecule has 1 amide bonds. The molecule has 0 bridgehead atoms. The predicted molar refractivity (Wildman–Crippen MR) is 109 cm³/mol. The van der Waals surface area contributed by atoms with Crippen LogP contribution in [0.2, 0.25) is 0 Å². The van der Waals surface area contributed by atoms with Gasteiger partial charge < -0.3 is 19.4 Å². The number of amides is 1. The van der Waals surface area contributed by atoms with Gasteiger partial charge in [-0.05, 0) is 40.7 Å². The van der Waals surface area contributed by atoms with Crippen LogP contribution >= 0.6 is 0 Å². The molecule has 0 saturated heterocycles. The van der Waals surface area contributed by atoms with Crippen molar-refractivity contribution < 1.29 is 19.1 Å². The van der Waals surface area contributed by atoms with Gasteiger partial charge in [-0.1, -0.05) is 11.8 Å². The van der Waals surface area contributed by atoms with Crippen LogP contribution in [0.25, 0.3) is 11.0 Å². The highest BCUT2D eigenvalue weighted by Crippen LogP contribution is 2.12. The zero-order valence-electron chi connectivity index (χ0n) is 17.3. The summed E-state index contributed by atoms with van der Waals surface area (Å²) in [5.41, 5.74) is -0.131. The molecule has 0 aliphatic rings. The van der Waals surface area contributed by atoms with E-state index >= 15 is 0 Å². The molecule has 0 aliphatic heterocycles. The van der Waals surface area contributed by atoms with Gasteiger partial charge in [0, 0.05) is 24.5 Å². The molecule has 1 N–H and O–H groups in total. The Morgan fingerprint density at radius 3 is 2.62 bits per heavy atom. The van der Waals surface area contributed by atoms with Crippen LogP contribution < -0.4 is 10.7 Å². The Kier molecular flexibility index (Phi) is 6.99. The zero-order valence-corrected chi connectivity index (χ0v) is 17.3. The molecule has 2 aromatic rings. The normalized spacial score (nSPS) is 10.8. The molecule has 8 nitrogen and oxygen atoms in total. The van der Waals surface area contributed by atoms with Gasteiger partial charge in [0.25, 0.3) is 0 Å². The first-order valence-corrected chi connectivity index (χ1v) is 9.32. The zero-order chi connectivity index (χ0) is 21.6. The lowest BCUT2D eigenvalue weighted by atomic mass is 10.1. The van der Waals surface area contributed by atoms with E-state index in [2.05, 4.69) is 22.1 Å². The molecule has 2 rings (SSSR count). The third-order valence-electron chi connectivity index (χ3n) is 3.70. The minimum atomic E-state index is -0.667. The summed E-state index contributed by atoms with van der Waals surface area (Å²) >= 11 is 0. The number of alkyl carbamates (subject to hydrolysis) is 1. The first-order chi connectivity index (χ1) is 13.7. The highest BCUT2D eigenvalue weighted by molar-refractivity contribution is 5.93. The fraction of sp³-hybridized carbons (Fsp3) is 0.429. The Morgan fingerprint density at radius 2 is 2.00 bits per heavy atom. The maximum absolute atomic E-state index is 12.7. The van der Waals surface area contributed by atoms with Crippen molar-refractivity contribution in [1.29, 1.82) is 0 Å². The second-order valence-electron chi connectivity index (χ2n) is 7.13. The number of hydrogen-bond acceptors (Lipinski definition) is 6. The van der Waals surface area contributed by atoms with Crippen LogP contribution in [0.3, 0.4) is 0 Å². The van der Waals surface area contributed by atoms with Crippen molar-refractivity contribution >= 4 is 23.1 Å². The van der Waals surface area contributed by atoms with Crippen molar-refractivity contribution in [2.24, 2.45) is 0 Å². The number of rotatable bonds is 4. The standard InChI is InChI=1S/C21H25N3O5/c1-6-24-13-16(19(26)28-7-2)17(25)15-11-14(12-23-18(15)24)9-8-10-22-20(27)29-21(3,4)5/h11-13H,6-7,10H2,1-5H3,(H,22,27). The first kappa shape index (κ1) is 22.0. The number of hydrogen-bond donors (Lipinski definition) is 1. The molecule has 8 heteroatoms. The molecule has 0 aliphatic carbocycles. The second kappa shape index (κ2) is 9.24. The highest BCUT2D eigenvalue weighted by atomic mass is 16.6. The van der Waals surface area contributed by atoms with Crippen LogP contribution in [-0.4, -0.2) is 40.4 Å². The number of pyridine rings is 2. The summed E-state index contributed by atoms with van der Waals surface area (Å²) in [6.07, 6.45) is 2.44. The van der Waals surface area contributed by atoms with Gasteiger partial charge in [-0.3, -0.25) is 4.79 Å². The van der Waals surface area contributed by atoms with E-state index in [1.165, 1.54) is 6.20 Å². The molecular weight excluding hydrogens is 374 g/mol. The molecule has 2 heterocycles. The third-order valence-corrected chi connectivity index (χ3v) is 3.70. The van der Waals surface area contributed by atoms with Gasteiger partial charge in [0.15, 0.2) is 0 Å². The van der Waals surface area contributed by atoms with Crippen molar-refractivity contribution in [1.82, 2.24) is 14.9 Å². The molecule has 0 aromatic carbocycles. The number of nitrogens with one attached hydrogen (secondary N) is 1. The Hall–Kier alpha value is -3.34. The van der Waals surface area contributed by atoms with E-state index in [9.17, 15) is 14.4 Å². The van der Waals surface area contributed by atoms with Crippen molar-refractivity contribution in [3.63, 3.8) is 0 Å². The minimum absolute atomic E-state index is 0.0419. The highest BCUT2D eigenvalue weighted by Gasteiger charge is 2.17. The Balaban J connectivity index is 2.29. The summed E-state index contributed by atoms with van der Waals surface area (Å²) < 4.78 is 11.8. The predicted octanol–water partition coefficient (Wildman–Crippen LogP) is 2.47. The van der Waals surface area contributed by atoms with E-state index in [1.807, 2.05) is 6.92 Å². The molecule has 29 heavy (non-hydrogen) atoms. The summed E-state index contributed by atoms with van der Waals surface area (Å²) in [5.74, 6) is 4.97. The van der Waals surface area contributed by atoms with Crippen molar-refractivity contribution in [2.45, 2.75) is 46.8 Å². The number of fused-ring (bicyclic) bond motifs is 1. The number of nitrogens with zero attached hydrogens (tertiary/aromatic N) is 2. The summed E-state index contributed by atoms with van der Waals surface area (Å²) in [6, 6.07) is 1.58. The van der Waals surface area contributed by atoms with Crippen molar-refractivity contribution in [3.8, 4) is 11.8 Å². The van der Waals surface area contributed by atoms with Gasteiger partial charge in [-0.15, -0.1) is 0 Å². The van der Waals surface area contributed by atoms with Crippen LogP contribution in [-0.2, 0) is 16.0 Å². The van der Waals surface area contributed by atoms with E-state index in [4.69, 9.17) is 9.47 Å². The van der Waals surface area contributed by atoms with Gasteiger partial charge >= 0.3 is 12.1 Å². The summed E-state index contributed by atoms with van der Waals surface area (Å²) in [6.45, 7) is 9.66. The van der Waals surface area contributed by atoms with Gasteiger partial charge in [0.2, 0.25) is 5.43 Å². The number of ether oxygens (including phenoxy) is 2. The van der Waals surface area contributed by atoms with E-state index < -0.39 is 23.1 Å². The van der Waals surface area contributed by atoms with E-state index in [1.54, 1.807) is 44.5 Å². The van der Waals surface area contributed by atoms with Crippen LogP contribution in [0.15, 0.2) is 23.3 Å². The number of aryl methyl sites for hydroxylation is 1. The summed E-state index contributed by atoms with van der Waals surface area (Å²) in [4.78, 5) is 40.8. The molecule has 0 saturated carbocycles. The minimum Gasteiger partial charge on any atom is -0.462 e. The average Bonchev–Trinajstić information content (AvgIpc) is 2.64. The SMILES string of the molecule is CCOC(=O)c1cn(CC)c2ncc(C#CCNC(=O)OC(C)(C)C)cc2c1=O. The van der Waals surface area contributed by atoms with Gasteiger partial charge in [0.1, 0.15) is 16.8 Å². The number of carbonyl (C=O) groups is 2. The second-order valence-corrected chi connectivity index (χ2v) is 7.13. The van der Waals surface area contributed by atoms with Crippen LogP contribution in [0, 0.1) is 11.8 Å². The summed E-state index contributed by atoms with van der Waals surface area (Å²) in [7, 11) is 0. The van der Waals surface area contributed by atoms with E-state index in [-0.39, 0.29) is 24.1 Å². The van der Waals surface area contributed by atoms with E-state index in [0.717, 1.165) is 0 Å². The molecule has 0 spiro atoms. The first-order valence-electron chi connectivity index (χ1n) is 9.32. The molecule has 154 valence electrons. The number of aromatic nitrogens is 2. The molecular formula is C21H25N3O5. The van der Waals surface area contributed by atoms with Crippen LogP contribution in [0.5, 0.6) is 0 Å². The molecule has 0 fully saturated rings. The van der Waals surface area contributed by atoms with Crippen LogP contribution in [0.1, 0.15) is 50.5 Å². The third kappa shape index (κ3) is 5.82. The fourth-order valence-electron chi connectivity index (χ4n) is 2.51. The van der Waals surface area contributed by atoms with Gasteiger partial charge in [-0.25, -0.2) is 14.6 Å². The lowest BCUT2D eigenvalue weighted by Gasteiger charge is -2.18. The summed E-state index contributed by atoms with van der Waals surface area (Å²) in [5, 5.41) is 2.81. The maximum atomic E-state index is 12.7. The quantitative estimate of drug-likeness (QED) is 0.626. The number of esters is 1. The molecule has 0 unspecified atom stereocenters. The monoisotopic (exact) mass is 399 g/mol. The van der Waals surface area contributed by atoms with Crippen LogP contribution in [0.4, 0.5) is 4.79 Å². The lowest BCUT2D eigenvalue weighted by Crippen LogP contribution is -2.32. The fourth-order valence-corrected chi connectivity index (χ4v) is 2.51. The topological polar surface area (TPSA) is 99.5 Å². The smallest absolute Gasteiger partial charge is 0.408 e. The van der Waals surface area contributed by atoms with E-state index in [0.29, 0.717) is 17.8 Å². The van der Waals surface area contributed by atoms with Gasteiger partial charge in [0.05, 0.1) is 18.5 Å². The number of carbonyl (C=O) groups excluding carboxylic acids is 2. The Labute approximate surface area is 169 Å². The average molecular weight is 399 g/mol. The largest absolute Gasteiger partial charge is 0.462 e. The lowest BCUT2D eigenvalue weighted by molar-refractivity contribution is 0.0517. The Bertz CT molecular complexity index is 1040. The Morgan fingerprint density at radius 1 is 1.28 bits per heavy atom. The maximum Gasteiger partial charge on any atom is 0.408 e. The molecule has 0 atom stereocenters. The molecule has 2 aromatic heterocycles. The molecule has 0 radical (unpaired) electrons. The van der Waals surface area contributed by atoms with Crippen molar-refractivity contribution in [3.05, 3.63) is 39.8 Å².